The van der Waals surface area contributed by atoms with Crippen LogP contribution < -0.4 is 5.73 Å². The third-order valence-electron chi connectivity index (χ3n) is 8.60. The lowest BCUT2D eigenvalue weighted by Gasteiger charge is -2.20. The van der Waals surface area contributed by atoms with E-state index in [1.807, 2.05) is 19.1 Å². The van der Waals surface area contributed by atoms with Gasteiger partial charge in [-0.2, -0.15) is 0 Å². The molecule has 12 nitrogen and oxygen atoms in total. The number of nitrogens with two attached hydrogens (primary N) is 1. The van der Waals surface area contributed by atoms with E-state index in [-0.39, 0.29) is 25.6 Å². The van der Waals surface area contributed by atoms with Gasteiger partial charge in [0.25, 0.3) is 0 Å². The first-order chi connectivity index (χ1) is 26.5. The minimum absolute atomic E-state index is 0.0735. The molecule has 1 unspecified atom stereocenters. The number of carboxylic acids is 1. The number of hydrogen-bond donors (Lipinski definition) is 4. The molecule has 0 saturated heterocycles. The predicted molar refractivity (Wildman–Crippen MR) is 218 cm³/mol. The van der Waals surface area contributed by atoms with Crippen LogP contribution in [0.3, 0.4) is 0 Å². The summed E-state index contributed by atoms with van der Waals surface area (Å²) in [6, 6.07) is -1.53. The first-order valence-corrected chi connectivity index (χ1v) is 22.2. The Balaban J connectivity index is 4.50. The highest BCUT2D eigenvalue weighted by molar-refractivity contribution is 7.47. The molecule has 0 radical (unpaired) electrons. The maximum atomic E-state index is 12.6. The van der Waals surface area contributed by atoms with Crippen LogP contribution in [-0.2, 0) is 37.5 Å². The summed E-state index contributed by atoms with van der Waals surface area (Å²) in [5.74, 6) is -2.47. The predicted octanol–water partition coefficient (Wildman–Crippen LogP) is 9.58. The largest absolute Gasteiger partial charge is 0.480 e. The molecule has 0 aromatic heterocycles. The molecule has 0 saturated carbocycles. The number of hydrogen-bond acceptors (Lipinski definition) is 10. The summed E-state index contributed by atoms with van der Waals surface area (Å²) in [5.41, 5.74) is 5.32. The summed E-state index contributed by atoms with van der Waals surface area (Å²) in [6.07, 6.45) is 37.4. The van der Waals surface area contributed by atoms with Crippen molar-refractivity contribution in [2.45, 2.75) is 180 Å². The van der Waals surface area contributed by atoms with Gasteiger partial charge in [0, 0.05) is 12.8 Å². The van der Waals surface area contributed by atoms with E-state index < -0.39 is 51.1 Å². The molecule has 0 rings (SSSR count). The normalized spacial score (nSPS) is 14.9. The average Bonchev–Trinajstić information content (AvgIpc) is 3.14. The molecule has 0 spiro atoms. The number of aliphatic carboxylic acids is 1. The Bertz CT molecular complexity index is 1140. The number of allylic oxidation sites excluding steroid dienone is 8. The topological polar surface area (TPSA) is 192 Å². The fourth-order valence-corrected chi connectivity index (χ4v) is 6.09. The molecule has 0 bridgehead atoms. The molecule has 0 aliphatic rings. The SMILES string of the molecule is CCCCCCCCCCCCCCCC(=O)OC[C@H](COP(=O)(O)OC[C@H](N)C(=O)O)OC(=O)CCC/C=C\C/C=C\C/C=C\C/C=C\CCC[C@H](C)O. The lowest BCUT2D eigenvalue weighted by molar-refractivity contribution is -0.161. The zero-order valence-corrected chi connectivity index (χ0v) is 34.8. The fraction of sp³-hybridized carbons (Fsp3) is 0.738. The smallest absolute Gasteiger partial charge is 0.472 e. The molecule has 0 aliphatic carbocycles. The highest BCUT2D eigenvalue weighted by atomic mass is 31.2. The van der Waals surface area contributed by atoms with Crippen molar-refractivity contribution < 1.29 is 52.6 Å². The van der Waals surface area contributed by atoms with Crippen molar-refractivity contribution in [2.75, 3.05) is 19.8 Å². The monoisotopic (exact) mass is 799 g/mol. The van der Waals surface area contributed by atoms with Gasteiger partial charge in [-0.3, -0.25) is 23.4 Å². The van der Waals surface area contributed by atoms with Crippen LogP contribution in [0.25, 0.3) is 0 Å². The number of phosphoric ester groups is 1. The lowest BCUT2D eigenvalue weighted by Crippen LogP contribution is -2.34. The van der Waals surface area contributed by atoms with E-state index in [2.05, 4.69) is 47.9 Å². The molecule has 4 atom stereocenters. The van der Waals surface area contributed by atoms with Crippen LogP contribution in [0.4, 0.5) is 0 Å². The third kappa shape index (κ3) is 38.1. The summed E-state index contributed by atoms with van der Waals surface area (Å²) in [4.78, 5) is 45.8. The molecule has 13 heteroatoms. The molecule has 0 heterocycles. The Morgan fingerprint density at radius 2 is 1.09 bits per heavy atom. The van der Waals surface area contributed by atoms with E-state index in [9.17, 15) is 28.9 Å². The van der Waals surface area contributed by atoms with E-state index in [4.69, 9.17) is 24.8 Å². The molecule has 0 aliphatic heterocycles. The van der Waals surface area contributed by atoms with E-state index in [0.717, 1.165) is 57.8 Å². The van der Waals surface area contributed by atoms with E-state index in [1.165, 1.54) is 57.8 Å². The van der Waals surface area contributed by atoms with Gasteiger partial charge in [0.15, 0.2) is 6.10 Å². The Kier molecular flexibility index (Phi) is 35.3. The maximum Gasteiger partial charge on any atom is 0.472 e. The number of esters is 2. The maximum absolute atomic E-state index is 12.6. The minimum Gasteiger partial charge on any atom is -0.480 e. The van der Waals surface area contributed by atoms with Crippen molar-refractivity contribution in [1.82, 2.24) is 0 Å². The van der Waals surface area contributed by atoms with E-state index >= 15 is 0 Å². The van der Waals surface area contributed by atoms with Crippen molar-refractivity contribution in [2.24, 2.45) is 5.73 Å². The van der Waals surface area contributed by atoms with Gasteiger partial charge >= 0.3 is 25.7 Å². The number of carboxylic acid groups (broad SMARTS) is 1. The zero-order chi connectivity index (χ0) is 40.8. The molecular formula is C42H74NO11P. The van der Waals surface area contributed by atoms with Crippen molar-refractivity contribution in [3.8, 4) is 0 Å². The molecular weight excluding hydrogens is 725 g/mol. The quantitative estimate of drug-likeness (QED) is 0.0200. The summed E-state index contributed by atoms with van der Waals surface area (Å²) in [6.45, 7) is 2.28. The number of phosphoric acid groups is 1. The lowest BCUT2D eigenvalue weighted by atomic mass is 10.0. The summed E-state index contributed by atoms with van der Waals surface area (Å²) in [5, 5.41) is 18.1. The van der Waals surface area contributed by atoms with Crippen LogP contribution in [0.1, 0.15) is 162 Å². The first kappa shape index (κ1) is 52.4. The van der Waals surface area contributed by atoms with Crippen LogP contribution in [-0.4, -0.2) is 71.1 Å². The molecule has 0 aromatic rings. The van der Waals surface area contributed by atoms with Crippen LogP contribution in [0.2, 0.25) is 0 Å². The van der Waals surface area contributed by atoms with Gasteiger partial charge in [-0.05, 0) is 64.7 Å². The molecule has 0 fully saturated rings. The molecule has 0 amide bonds. The number of aliphatic hydroxyl groups is 1. The van der Waals surface area contributed by atoms with Crippen molar-refractivity contribution in [1.29, 1.82) is 0 Å². The highest BCUT2D eigenvalue weighted by Crippen LogP contribution is 2.43. The number of unbranched alkanes of at least 4 members (excludes halogenated alkanes) is 14. The number of aliphatic hydroxyl groups excluding tert-OH is 1. The van der Waals surface area contributed by atoms with Crippen LogP contribution in [0.5, 0.6) is 0 Å². The van der Waals surface area contributed by atoms with Gasteiger partial charge < -0.3 is 30.3 Å². The Morgan fingerprint density at radius 1 is 0.636 bits per heavy atom. The number of ether oxygens (including phenoxy) is 2. The number of rotatable bonds is 38. The van der Waals surface area contributed by atoms with Gasteiger partial charge in [-0.15, -0.1) is 0 Å². The van der Waals surface area contributed by atoms with Gasteiger partial charge in [0.05, 0.1) is 19.3 Å². The van der Waals surface area contributed by atoms with Gasteiger partial charge in [-0.1, -0.05) is 133 Å². The van der Waals surface area contributed by atoms with Crippen molar-refractivity contribution in [3.05, 3.63) is 48.6 Å². The van der Waals surface area contributed by atoms with Crippen LogP contribution in [0.15, 0.2) is 48.6 Å². The van der Waals surface area contributed by atoms with E-state index in [0.29, 0.717) is 19.3 Å². The van der Waals surface area contributed by atoms with Crippen LogP contribution in [0, 0.1) is 0 Å². The minimum atomic E-state index is -4.73. The third-order valence-corrected chi connectivity index (χ3v) is 9.55. The highest BCUT2D eigenvalue weighted by Gasteiger charge is 2.28. The molecule has 55 heavy (non-hydrogen) atoms. The second-order valence-electron chi connectivity index (χ2n) is 14.1. The van der Waals surface area contributed by atoms with Crippen molar-refractivity contribution >= 4 is 25.7 Å². The summed E-state index contributed by atoms with van der Waals surface area (Å²) < 4.78 is 32.5. The van der Waals surface area contributed by atoms with E-state index in [1.54, 1.807) is 0 Å². The van der Waals surface area contributed by atoms with Gasteiger partial charge in [0.2, 0.25) is 0 Å². The second kappa shape index (κ2) is 37.0. The van der Waals surface area contributed by atoms with Crippen molar-refractivity contribution in [3.63, 3.8) is 0 Å². The molecule has 318 valence electrons. The summed E-state index contributed by atoms with van der Waals surface area (Å²) in [7, 11) is -4.73. The second-order valence-corrected chi connectivity index (χ2v) is 15.5. The number of carbonyl (C=O) groups is 3. The molecule has 0 aromatic carbocycles. The number of carbonyl (C=O) groups excluding carboxylic acids is 2. The Hall–Kier alpha value is -2.60. The standard InChI is InChI=1S/C42H74NO11P/c1-3-4-5-6-7-8-9-13-17-20-23-26-29-32-40(45)51-34-38(35-52-55(49,50)53-36-39(43)42(47)48)54-41(46)33-30-27-24-21-18-15-12-10-11-14-16-19-22-25-28-31-37(2)44/h11-12,14-15,19,21-22,24,37-39,44H,3-10,13,16-18,20,23,25-36,43H2,1-2H3,(H,47,48)(H,49,50)/b14-11-,15-12-,22-19-,24-21-/t37-,38+,39-/m0/s1. The summed E-state index contributed by atoms with van der Waals surface area (Å²) >= 11 is 0. The Labute approximate surface area is 331 Å². The zero-order valence-electron chi connectivity index (χ0n) is 33.9. The average molecular weight is 800 g/mol. The van der Waals surface area contributed by atoms with Crippen LogP contribution >= 0.6 is 7.82 Å². The fourth-order valence-electron chi connectivity index (χ4n) is 5.31. The first-order valence-electron chi connectivity index (χ1n) is 20.7. The van der Waals surface area contributed by atoms with Gasteiger partial charge in [-0.25, -0.2) is 4.57 Å². The molecule has 5 N–H and O–H groups in total. The Morgan fingerprint density at radius 3 is 1.60 bits per heavy atom. The van der Waals surface area contributed by atoms with Gasteiger partial charge in [0.1, 0.15) is 12.6 Å².